The topological polar surface area (TPSA) is 25.8 Å². The van der Waals surface area contributed by atoms with Crippen LogP contribution in [-0.4, -0.2) is 26.1 Å². The lowest BCUT2D eigenvalue weighted by Crippen LogP contribution is -2.88. The molecule has 28 heavy (non-hydrogen) atoms. The van der Waals surface area contributed by atoms with Crippen molar-refractivity contribution in [2.45, 2.75) is 13.1 Å². The highest BCUT2D eigenvalue weighted by molar-refractivity contribution is 7.26. The van der Waals surface area contributed by atoms with Gasteiger partial charge in [0.2, 0.25) is 8.07 Å². The number of nitrogens with zero attached hydrogens (tertiary/aromatic N) is 2. The summed E-state index contributed by atoms with van der Waals surface area (Å²) in [6.45, 7) is 4.87. The molecule has 0 aliphatic carbocycles. The summed E-state index contributed by atoms with van der Waals surface area (Å²) in [5.41, 5.74) is 0. The van der Waals surface area contributed by atoms with Crippen molar-refractivity contribution in [3.8, 4) is 0 Å². The summed E-state index contributed by atoms with van der Waals surface area (Å²) in [6, 6.07) is 30.7. The van der Waals surface area contributed by atoms with Gasteiger partial charge in [-0.15, -0.1) is 0 Å². The van der Waals surface area contributed by atoms with Gasteiger partial charge in [0.15, 0.2) is 0 Å². The van der Waals surface area contributed by atoms with E-state index >= 15 is 0 Å². The van der Waals surface area contributed by atoms with Crippen LogP contribution in [0, 0.1) is 0 Å². The van der Waals surface area contributed by atoms with Gasteiger partial charge in [0, 0.05) is 23.0 Å². The van der Waals surface area contributed by atoms with Crippen molar-refractivity contribution < 1.29 is 0 Å². The highest BCUT2D eigenvalue weighted by atomic mass is 28.3. The summed E-state index contributed by atoms with van der Waals surface area (Å²) < 4.78 is 0. The van der Waals surface area contributed by atoms with Crippen molar-refractivity contribution in [2.75, 3.05) is 0 Å². The Morgan fingerprint density at radius 1 is 0.536 bits per heavy atom. The number of pyridine rings is 2. The third-order valence-corrected chi connectivity index (χ3v) is 14.7. The van der Waals surface area contributed by atoms with Crippen LogP contribution in [0.4, 0.5) is 0 Å². The van der Waals surface area contributed by atoms with Gasteiger partial charge in [-0.3, -0.25) is 9.97 Å². The zero-order valence-corrected chi connectivity index (χ0v) is 18.1. The molecule has 0 amide bonds. The van der Waals surface area contributed by atoms with Crippen LogP contribution < -0.4 is 31.4 Å². The van der Waals surface area contributed by atoms with Crippen LogP contribution in [-0.2, 0) is 0 Å². The van der Waals surface area contributed by atoms with Crippen molar-refractivity contribution in [3.63, 3.8) is 0 Å². The summed E-state index contributed by atoms with van der Waals surface area (Å²) in [5, 5.41) is 8.16. The van der Waals surface area contributed by atoms with Crippen molar-refractivity contribution in [3.05, 3.63) is 97.3 Å². The van der Waals surface area contributed by atoms with Crippen LogP contribution in [0.3, 0.4) is 0 Å². The number of aromatic nitrogens is 2. The minimum Gasteiger partial charge on any atom is -0.265 e. The van der Waals surface area contributed by atoms with Crippen LogP contribution >= 0.6 is 0 Å². The van der Waals surface area contributed by atoms with Gasteiger partial charge in [0.05, 0.1) is 0 Å². The fourth-order valence-electron chi connectivity index (χ4n) is 4.76. The fourth-order valence-corrected chi connectivity index (χ4v) is 14.9. The first-order valence-electron chi connectivity index (χ1n) is 9.70. The lowest BCUT2D eigenvalue weighted by Gasteiger charge is -2.43. The summed E-state index contributed by atoms with van der Waals surface area (Å²) >= 11 is 0. The van der Waals surface area contributed by atoms with Crippen LogP contribution in [0.25, 0.3) is 0 Å². The van der Waals surface area contributed by atoms with Crippen molar-refractivity contribution in [2.24, 2.45) is 0 Å². The molecule has 2 aromatic heterocycles. The van der Waals surface area contributed by atoms with E-state index < -0.39 is 16.1 Å². The second-order valence-electron chi connectivity index (χ2n) is 7.91. The van der Waals surface area contributed by atoms with Crippen LogP contribution in [0.15, 0.2) is 97.3 Å². The predicted octanol–water partition coefficient (Wildman–Crippen LogP) is 0.990. The smallest absolute Gasteiger partial charge is 0.222 e. The first kappa shape index (κ1) is 17.3. The zero-order valence-electron chi connectivity index (χ0n) is 16.1. The molecule has 136 valence electrons. The van der Waals surface area contributed by atoms with Crippen LogP contribution in [0.1, 0.15) is 0 Å². The highest BCUT2D eigenvalue weighted by Crippen LogP contribution is 2.14. The molecule has 0 fully saturated rings. The number of benzene rings is 2. The molecule has 5 rings (SSSR count). The molecule has 0 radical (unpaired) electrons. The lowest BCUT2D eigenvalue weighted by atomic mass is 10.4. The molecular weight excluding hydrogens is 372 g/mol. The second-order valence-corrected chi connectivity index (χ2v) is 15.8. The molecule has 0 bridgehead atoms. The van der Waals surface area contributed by atoms with E-state index in [4.69, 9.17) is 9.97 Å². The summed E-state index contributed by atoms with van der Waals surface area (Å²) in [5.74, 6) is 0. The van der Waals surface area contributed by atoms with E-state index in [0.29, 0.717) is 0 Å². The van der Waals surface area contributed by atoms with Gasteiger partial charge < -0.3 is 0 Å². The Morgan fingerprint density at radius 3 is 1.39 bits per heavy atom. The number of rotatable bonds is 2. The molecule has 0 spiro atoms. The third kappa shape index (κ3) is 2.25. The van der Waals surface area contributed by atoms with Crippen molar-refractivity contribution >= 4 is 47.5 Å². The number of fused-ring (bicyclic) bond motifs is 2. The van der Waals surface area contributed by atoms with E-state index in [2.05, 4.69) is 98.0 Å². The summed E-state index contributed by atoms with van der Waals surface area (Å²) in [4.78, 5) is 10.2. The zero-order chi connectivity index (χ0) is 19.2. The lowest BCUT2D eigenvalue weighted by molar-refractivity contribution is 1.34. The van der Waals surface area contributed by atoms with Gasteiger partial charge in [0.25, 0.3) is 0 Å². The Kier molecular flexibility index (Phi) is 3.93. The molecule has 0 unspecified atom stereocenters. The van der Waals surface area contributed by atoms with E-state index in [0.717, 1.165) is 0 Å². The Balaban J connectivity index is 2.01. The van der Waals surface area contributed by atoms with E-state index in [1.54, 1.807) is 0 Å². The number of hydrogen-bond donors (Lipinski definition) is 0. The maximum absolute atomic E-state index is 5.08. The largest absolute Gasteiger partial charge is 0.265 e. The first-order chi connectivity index (χ1) is 13.7. The Labute approximate surface area is 168 Å². The minimum atomic E-state index is -2.55. The Hall–Kier alpha value is -2.83. The molecule has 0 atom stereocenters. The molecule has 2 aromatic carbocycles. The predicted molar refractivity (Wildman–Crippen MR) is 122 cm³/mol. The van der Waals surface area contributed by atoms with E-state index in [1.165, 1.54) is 31.4 Å². The molecule has 1 aliphatic rings. The average Bonchev–Trinajstić information content (AvgIpc) is 2.76. The molecule has 4 aromatic rings. The van der Waals surface area contributed by atoms with E-state index in [1.807, 2.05) is 12.4 Å². The third-order valence-electron chi connectivity index (χ3n) is 6.09. The van der Waals surface area contributed by atoms with E-state index in [9.17, 15) is 0 Å². The van der Waals surface area contributed by atoms with Crippen molar-refractivity contribution in [1.82, 2.24) is 9.97 Å². The van der Waals surface area contributed by atoms with Crippen molar-refractivity contribution in [1.29, 1.82) is 0 Å². The van der Waals surface area contributed by atoms with Gasteiger partial charge >= 0.3 is 0 Å². The monoisotopic (exact) mass is 394 g/mol. The molecule has 0 N–H and O–H groups in total. The van der Waals surface area contributed by atoms with Crippen LogP contribution in [0.5, 0.6) is 0 Å². The highest BCUT2D eigenvalue weighted by Gasteiger charge is 2.53. The summed E-state index contributed by atoms with van der Waals surface area (Å²) in [6.07, 6.45) is 3.93. The van der Waals surface area contributed by atoms with Gasteiger partial charge in [-0.05, 0) is 32.9 Å². The van der Waals surface area contributed by atoms with Gasteiger partial charge in [-0.1, -0.05) is 85.9 Å². The second kappa shape index (κ2) is 6.36. The standard InChI is InChI=1S/C24H22N2Si2/c1-27(2)21-15-9-17-25-23(21)28(19-11-5-3-6-12-19,20-13-7-4-8-14-20)24-22(27)16-10-18-26-24/h3-18H,1-2H3. The minimum absolute atomic E-state index is 1.27. The molecule has 0 saturated heterocycles. The SMILES string of the molecule is C[Si]1(C)c2cccnc2[Si](c2ccccc2)(c2ccccc2)c2ncccc21. The maximum atomic E-state index is 5.08. The molecule has 4 heteroatoms. The molecule has 2 nitrogen and oxygen atoms in total. The molecule has 3 heterocycles. The maximum Gasteiger partial charge on any atom is 0.222 e. The normalized spacial score (nSPS) is 16.1. The average molecular weight is 395 g/mol. The van der Waals surface area contributed by atoms with E-state index in [-0.39, 0.29) is 0 Å². The quantitative estimate of drug-likeness (QED) is 0.474. The first-order valence-corrected chi connectivity index (χ1v) is 14.7. The van der Waals surface area contributed by atoms with Crippen LogP contribution in [0.2, 0.25) is 13.1 Å². The fraction of sp³-hybridized carbons (Fsp3) is 0.0833. The summed E-state index contributed by atoms with van der Waals surface area (Å²) in [7, 11) is -4.43. The Bertz CT molecular complexity index is 1050. The number of hydrogen-bond acceptors (Lipinski definition) is 2. The van der Waals surface area contributed by atoms with Gasteiger partial charge in [-0.25, -0.2) is 0 Å². The molecule has 0 saturated carbocycles. The van der Waals surface area contributed by atoms with Gasteiger partial charge in [0.1, 0.15) is 8.07 Å². The molecular formula is C24H22N2Si2. The molecule has 1 aliphatic heterocycles. The Morgan fingerprint density at radius 2 is 0.964 bits per heavy atom. The van der Waals surface area contributed by atoms with Gasteiger partial charge in [-0.2, -0.15) is 0 Å².